The topological polar surface area (TPSA) is 85.0 Å². The number of ether oxygens (including phenoxy) is 2. The van der Waals surface area contributed by atoms with Gasteiger partial charge in [-0.3, -0.25) is 4.68 Å². The molecule has 9 heteroatoms. The Labute approximate surface area is 270 Å². The van der Waals surface area contributed by atoms with E-state index in [1.165, 1.54) is 28.2 Å². The quantitative estimate of drug-likeness (QED) is 0.273. The zero-order valence-corrected chi connectivity index (χ0v) is 27.3. The predicted octanol–water partition coefficient (Wildman–Crippen LogP) is 5.79. The van der Waals surface area contributed by atoms with E-state index in [0.29, 0.717) is 44.9 Å². The number of aryl methyl sites for hydroxylation is 1. The number of carbonyl (C=O) groups is 1. The first kappa shape index (κ1) is 29.2. The van der Waals surface area contributed by atoms with Crippen molar-refractivity contribution in [3.63, 3.8) is 0 Å². The van der Waals surface area contributed by atoms with Crippen LogP contribution in [0.5, 0.6) is 5.75 Å². The van der Waals surface area contributed by atoms with Crippen LogP contribution in [0.4, 0.5) is 0 Å². The maximum atomic E-state index is 13.4. The van der Waals surface area contributed by atoms with Crippen LogP contribution in [-0.2, 0) is 43.3 Å². The van der Waals surface area contributed by atoms with E-state index in [1.54, 1.807) is 0 Å². The molecule has 2 atom stereocenters. The number of carboxylic acids is 1. The molecule has 1 N–H and O–H groups in total. The molecule has 240 valence electrons. The Kier molecular flexibility index (Phi) is 6.94. The summed E-state index contributed by atoms with van der Waals surface area (Å²) in [5.74, 6) is 0.0699. The maximum absolute atomic E-state index is 13.4. The van der Waals surface area contributed by atoms with Crippen LogP contribution in [0.1, 0.15) is 83.3 Å². The monoisotopic (exact) mass is 621 g/mol. The summed E-state index contributed by atoms with van der Waals surface area (Å²) in [5.41, 5.74) is 9.14. The average molecular weight is 622 g/mol. The molecule has 0 saturated heterocycles. The van der Waals surface area contributed by atoms with Gasteiger partial charge < -0.3 is 28.9 Å². The Hall–Kier alpha value is -4.24. The van der Waals surface area contributed by atoms with Gasteiger partial charge in [-0.05, 0) is 55.2 Å². The Morgan fingerprint density at radius 2 is 1.93 bits per heavy atom. The van der Waals surface area contributed by atoms with Crippen molar-refractivity contribution in [2.24, 2.45) is 7.05 Å². The smallest absolute Gasteiger partial charge is 0.352 e. The Bertz CT molecular complexity index is 1900. The molecule has 9 nitrogen and oxygen atoms in total. The van der Waals surface area contributed by atoms with E-state index in [-0.39, 0.29) is 5.92 Å². The number of benzene rings is 2. The molecule has 0 spiro atoms. The molecular weight excluding hydrogens is 578 g/mol. The minimum absolute atomic E-state index is 0.0576. The van der Waals surface area contributed by atoms with Crippen molar-refractivity contribution in [3.05, 3.63) is 93.3 Å². The molecule has 4 aliphatic rings. The van der Waals surface area contributed by atoms with Gasteiger partial charge in [0.2, 0.25) is 0 Å². The van der Waals surface area contributed by atoms with Crippen molar-refractivity contribution in [2.45, 2.75) is 70.6 Å². The van der Waals surface area contributed by atoms with Crippen LogP contribution in [0.25, 0.3) is 10.8 Å². The van der Waals surface area contributed by atoms with Crippen LogP contribution in [0, 0.1) is 0 Å². The molecule has 5 heterocycles. The van der Waals surface area contributed by atoms with Crippen LogP contribution in [0.3, 0.4) is 0 Å². The highest BCUT2D eigenvalue weighted by atomic mass is 16.5. The fourth-order valence-electron chi connectivity index (χ4n) is 9.07. The SMILES string of the molecule is CC1C2=C3N(CCN2C)Cc2c4c(nn2C)COCCCCn2c(C(=O)O)c(CCCOc5cccc6ccccc56)c1c2C34C. The highest BCUT2D eigenvalue weighted by molar-refractivity contribution is 5.90. The zero-order valence-electron chi connectivity index (χ0n) is 27.3. The third-order valence-corrected chi connectivity index (χ3v) is 10.9. The van der Waals surface area contributed by atoms with Crippen molar-refractivity contribution >= 4 is 16.7 Å². The maximum Gasteiger partial charge on any atom is 0.352 e. The van der Waals surface area contributed by atoms with E-state index in [0.717, 1.165) is 65.9 Å². The van der Waals surface area contributed by atoms with Crippen molar-refractivity contribution in [3.8, 4) is 5.75 Å². The van der Waals surface area contributed by atoms with Crippen LogP contribution < -0.4 is 4.74 Å². The molecule has 2 aromatic heterocycles. The highest BCUT2D eigenvalue weighted by Crippen LogP contribution is 2.58. The number of aromatic nitrogens is 3. The number of hydrogen-bond acceptors (Lipinski definition) is 6. The van der Waals surface area contributed by atoms with E-state index in [4.69, 9.17) is 14.6 Å². The first-order chi connectivity index (χ1) is 22.3. The minimum atomic E-state index is -0.855. The Morgan fingerprint density at radius 3 is 2.78 bits per heavy atom. The van der Waals surface area contributed by atoms with Crippen LogP contribution in [0.2, 0.25) is 0 Å². The number of hydrogen-bond donors (Lipinski definition) is 1. The van der Waals surface area contributed by atoms with Gasteiger partial charge in [-0.15, -0.1) is 0 Å². The number of aromatic carboxylic acids is 1. The molecule has 3 aliphatic heterocycles. The Morgan fingerprint density at radius 1 is 1.11 bits per heavy atom. The summed E-state index contributed by atoms with van der Waals surface area (Å²) in [5, 5.41) is 18.2. The average Bonchev–Trinajstić information content (AvgIpc) is 3.54. The molecule has 0 amide bonds. The molecule has 46 heavy (non-hydrogen) atoms. The molecule has 2 aromatic carbocycles. The molecular formula is C37H43N5O4. The predicted molar refractivity (Wildman–Crippen MR) is 176 cm³/mol. The molecule has 0 fully saturated rings. The Balaban J connectivity index is 1.28. The number of carboxylic acid groups (broad SMARTS) is 1. The van der Waals surface area contributed by atoms with Crippen LogP contribution in [-0.4, -0.2) is 68.6 Å². The van der Waals surface area contributed by atoms with Gasteiger partial charge in [-0.2, -0.15) is 5.10 Å². The lowest BCUT2D eigenvalue weighted by Gasteiger charge is -2.54. The van der Waals surface area contributed by atoms with Crippen molar-refractivity contribution in [1.82, 2.24) is 24.1 Å². The van der Waals surface area contributed by atoms with Gasteiger partial charge in [0.25, 0.3) is 0 Å². The normalized spacial score (nSPS) is 22.1. The second kappa shape index (κ2) is 10.9. The minimum Gasteiger partial charge on any atom is -0.493 e. The fraction of sp³-hybridized carbons (Fsp3) is 0.459. The molecule has 2 unspecified atom stereocenters. The van der Waals surface area contributed by atoms with Gasteiger partial charge in [-0.25, -0.2) is 4.79 Å². The first-order valence-corrected chi connectivity index (χ1v) is 16.7. The number of fused-ring (bicyclic) bond motifs is 1. The number of likely N-dealkylation sites (N-methyl/N-ethyl adjacent to an activating group) is 1. The first-order valence-electron chi connectivity index (χ1n) is 16.7. The highest BCUT2D eigenvalue weighted by Gasteiger charge is 2.56. The summed E-state index contributed by atoms with van der Waals surface area (Å²) in [6.07, 6.45) is 3.07. The third kappa shape index (κ3) is 4.16. The van der Waals surface area contributed by atoms with Gasteiger partial charge in [-0.1, -0.05) is 43.3 Å². The van der Waals surface area contributed by atoms with E-state index in [1.807, 2.05) is 36.0 Å². The van der Waals surface area contributed by atoms with E-state index in [9.17, 15) is 9.90 Å². The lowest BCUT2D eigenvalue weighted by Crippen LogP contribution is -2.54. The third-order valence-electron chi connectivity index (χ3n) is 10.9. The second-order valence-corrected chi connectivity index (χ2v) is 13.6. The summed E-state index contributed by atoms with van der Waals surface area (Å²) in [6.45, 7) is 9.52. The standard InChI is InChI=1S/C37H43N5O4/c1-23-30-26(14-10-20-46-29-15-9-12-24-11-5-6-13-25(24)29)33(36(43)44)42-16-7-8-19-45-22-27-31-28(40(4)38-27)21-41-18-17-39(3)32(23)35(41)37(31,2)34(30)42/h5-6,9,11-13,15,23H,7-8,10,14,16-22H2,1-4H3,(H,43,44). The van der Waals surface area contributed by atoms with Crippen LogP contribution >= 0.6 is 0 Å². The summed E-state index contributed by atoms with van der Waals surface area (Å²) in [6, 6.07) is 14.4. The van der Waals surface area contributed by atoms with E-state index >= 15 is 0 Å². The summed E-state index contributed by atoms with van der Waals surface area (Å²) in [4.78, 5) is 18.3. The fourth-order valence-corrected chi connectivity index (χ4v) is 9.07. The molecule has 0 radical (unpaired) electrons. The van der Waals surface area contributed by atoms with Gasteiger partial charge in [0.05, 0.1) is 42.3 Å². The van der Waals surface area contributed by atoms with Gasteiger partial charge in [0.15, 0.2) is 0 Å². The summed E-state index contributed by atoms with van der Waals surface area (Å²) >= 11 is 0. The van der Waals surface area contributed by atoms with Crippen molar-refractivity contribution < 1.29 is 19.4 Å². The summed E-state index contributed by atoms with van der Waals surface area (Å²) < 4.78 is 16.8. The van der Waals surface area contributed by atoms with Gasteiger partial charge in [0.1, 0.15) is 11.4 Å². The molecule has 0 saturated carbocycles. The second-order valence-electron chi connectivity index (χ2n) is 13.6. The lowest BCUT2D eigenvalue weighted by atomic mass is 9.64. The summed E-state index contributed by atoms with van der Waals surface area (Å²) in [7, 11) is 4.24. The zero-order chi connectivity index (χ0) is 31.7. The molecule has 1 aliphatic carbocycles. The molecule has 0 bridgehead atoms. The lowest BCUT2D eigenvalue weighted by molar-refractivity contribution is 0.0682. The largest absolute Gasteiger partial charge is 0.493 e. The number of rotatable bonds is 6. The van der Waals surface area contributed by atoms with Crippen LogP contribution in [0.15, 0.2) is 53.9 Å². The molecule has 8 rings (SSSR count). The van der Waals surface area contributed by atoms with E-state index in [2.05, 4.69) is 53.5 Å². The number of allylic oxidation sites excluding steroid dienone is 2. The van der Waals surface area contributed by atoms with Crippen molar-refractivity contribution in [1.29, 1.82) is 0 Å². The van der Waals surface area contributed by atoms with Gasteiger partial charge >= 0.3 is 5.97 Å². The van der Waals surface area contributed by atoms with E-state index < -0.39 is 11.4 Å². The van der Waals surface area contributed by atoms with Crippen molar-refractivity contribution in [2.75, 3.05) is 33.4 Å². The molecule has 4 aromatic rings. The van der Waals surface area contributed by atoms with Gasteiger partial charge in [0, 0.05) is 68.6 Å². The number of nitrogens with zero attached hydrogens (tertiary/aromatic N) is 5.